The maximum atomic E-state index is 8.89. The molecule has 2 aromatic rings. The first-order chi connectivity index (χ1) is 9.02. The van der Waals surface area contributed by atoms with E-state index in [2.05, 4.69) is 10.3 Å². The van der Waals surface area contributed by atoms with Crippen molar-refractivity contribution in [1.29, 1.82) is 5.26 Å². The summed E-state index contributed by atoms with van der Waals surface area (Å²) in [5.41, 5.74) is 6.89. The van der Waals surface area contributed by atoms with E-state index in [1.54, 1.807) is 6.07 Å². The summed E-state index contributed by atoms with van der Waals surface area (Å²) >= 11 is 17.8. The molecule has 3 N–H and O–H groups in total. The lowest BCUT2D eigenvalue weighted by atomic mass is 10.2. The summed E-state index contributed by atoms with van der Waals surface area (Å²) in [4.78, 5) is 4.05. The van der Waals surface area contributed by atoms with Gasteiger partial charge in [-0.1, -0.05) is 34.8 Å². The molecule has 0 spiro atoms. The summed E-state index contributed by atoms with van der Waals surface area (Å²) in [7, 11) is 0. The molecule has 0 atom stereocenters. The third kappa shape index (κ3) is 2.85. The molecule has 7 heteroatoms. The molecule has 0 aliphatic carbocycles. The van der Waals surface area contributed by atoms with Crippen molar-refractivity contribution in [1.82, 2.24) is 4.98 Å². The molecule has 1 heterocycles. The van der Waals surface area contributed by atoms with Crippen molar-refractivity contribution in [3.05, 3.63) is 45.0 Å². The Morgan fingerprint density at radius 3 is 2.53 bits per heavy atom. The van der Waals surface area contributed by atoms with Crippen LogP contribution < -0.4 is 11.1 Å². The Labute approximate surface area is 124 Å². The summed E-state index contributed by atoms with van der Waals surface area (Å²) in [5.74, 6) is 0.333. The second-order valence-corrected chi connectivity index (χ2v) is 4.83. The molecule has 4 nitrogen and oxygen atoms in total. The highest BCUT2D eigenvalue weighted by Crippen LogP contribution is 2.34. The summed E-state index contributed by atoms with van der Waals surface area (Å²) in [6.45, 7) is 0. The van der Waals surface area contributed by atoms with Gasteiger partial charge in [-0.3, -0.25) is 0 Å². The van der Waals surface area contributed by atoms with Gasteiger partial charge in [-0.2, -0.15) is 5.26 Å². The number of nitriles is 1. The Morgan fingerprint density at radius 1 is 1.16 bits per heavy atom. The van der Waals surface area contributed by atoms with Crippen LogP contribution >= 0.6 is 34.8 Å². The molecule has 19 heavy (non-hydrogen) atoms. The fourth-order valence-electron chi connectivity index (χ4n) is 1.42. The third-order valence-corrected chi connectivity index (χ3v) is 3.41. The molecule has 2 rings (SSSR count). The number of nitrogens with one attached hydrogen (secondary N) is 1. The van der Waals surface area contributed by atoms with Crippen LogP contribution in [0.3, 0.4) is 0 Å². The zero-order valence-electron chi connectivity index (χ0n) is 9.42. The van der Waals surface area contributed by atoms with E-state index in [0.29, 0.717) is 32.1 Å². The minimum Gasteiger partial charge on any atom is -0.395 e. The van der Waals surface area contributed by atoms with E-state index in [0.717, 1.165) is 0 Å². The largest absolute Gasteiger partial charge is 0.395 e. The van der Waals surface area contributed by atoms with E-state index in [1.807, 2.05) is 6.07 Å². The van der Waals surface area contributed by atoms with Gasteiger partial charge in [-0.25, -0.2) is 4.98 Å². The number of rotatable bonds is 2. The molecule has 1 aromatic carbocycles. The van der Waals surface area contributed by atoms with Crippen LogP contribution in [-0.4, -0.2) is 4.98 Å². The van der Waals surface area contributed by atoms with Gasteiger partial charge in [-0.15, -0.1) is 0 Å². The number of hydrogen-bond donors (Lipinski definition) is 2. The normalized spacial score (nSPS) is 10.0. The molecule has 0 aliphatic heterocycles. The number of pyridine rings is 1. The predicted molar refractivity (Wildman–Crippen MR) is 78.1 cm³/mol. The van der Waals surface area contributed by atoms with Crippen molar-refractivity contribution in [3.63, 3.8) is 0 Å². The van der Waals surface area contributed by atoms with Crippen molar-refractivity contribution in [2.45, 2.75) is 0 Å². The second-order valence-electron chi connectivity index (χ2n) is 3.60. The molecule has 0 saturated carbocycles. The van der Waals surface area contributed by atoms with E-state index < -0.39 is 0 Å². The Kier molecular flexibility index (Phi) is 4.01. The van der Waals surface area contributed by atoms with Crippen molar-refractivity contribution in [3.8, 4) is 6.07 Å². The number of nitrogens with zero attached hydrogens (tertiary/aromatic N) is 2. The number of aromatic nitrogens is 1. The minimum absolute atomic E-state index is 0.243. The number of hydrogen-bond acceptors (Lipinski definition) is 4. The molecular formula is C12H7Cl3N4. The van der Waals surface area contributed by atoms with E-state index in [4.69, 9.17) is 45.8 Å². The van der Waals surface area contributed by atoms with E-state index in [-0.39, 0.29) is 5.69 Å². The summed E-state index contributed by atoms with van der Waals surface area (Å²) in [6, 6.07) is 6.57. The van der Waals surface area contributed by atoms with E-state index in [1.165, 1.54) is 18.3 Å². The number of anilines is 3. The Balaban J connectivity index is 2.43. The van der Waals surface area contributed by atoms with Crippen LogP contribution in [0.1, 0.15) is 5.56 Å². The van der Waals surface area contributed by atoms with Gasteiger partial charge in [-0.05, 0) is 18.2 Å². The Hall–Kier alpha value is -1.67. The lowest BCUT2D eigenvalue weighted by Gasteiger charge is -2.11. The number of benzene rings is 1. The molecular weight excluding hydrogens is 307 g/mol. The fourth-order valence-corrected chi connectivity index (χ4v) is 2.01. The van der Waals surface area contributed by atoms with Crippen LogP contribution in [-0.2, 0) is 0 Å². The number of halogens is 3. The lowest BCUT2D eigenvalue weighted by molar-refractivity contribution is 1.30. The van der Waals surface area contributed by atoms with Gasteiger partial charge in [0.25, 0.3) is 0 Å². The highest BCUT2D eigenvalue weighted by atomic mass is 35.5. The summed E-state index contributed by atoms with van der Waals surface area (Å²) in [6.07, 6.45) is 1.47. The topological polar surface area (TPSA) is 74.7 Å². The monoisotopic (exact) mass is 312 g/mol. The zero-order valence-corrected chi connectivity index (χ0v) is 11.7. The first kappa shape index (κ1) is 13.8. The first-order valence-electron chi connectivity index (χ1n) is 5.09. The minimum atomic E-state index is 0.243. The SMILES string of the molecule is N#Cc1ccnc(Nc2cc(Cl)c(Cl)cc2Cl)c1N. The van der Waals surface area contributed by atoms with E-state index in [9.17, 15) is 0 Å². The quantitative estimate of drug-likeness (QED) is 0.813. The van der Waals surface area contributed by atoms with Crippen molar-refractivity contribution >= 4 is 52.0 Å². The molecule has 1 aromatic heterocycles. The number of nitrogen functional groups attached to an aromatic ring is 1. The average molecular weight is 314 g/mol. The van der Waals surface area contributed by atoms with Crippen LogP contribution in [0.4, 0.5) is 17.2 Å². The van der Waals surface area contributed by atoms with Crippen molar-refractivity contribution in [2.75, 3.05) is 11.1 Å². The van der Waals surface area contributed by atoms with Crippen LogP contribution in [0, 0.1) is 11.3 Å². The highest BCUT2D eigenvalue weighted by molar-refractivity contribution is 6.44. The molecule has 0 aliphatic rings. The molecule has 0 radical (unpaired) electrons. The molecule has 0 fully saturated rings. The standard InChI is InChI=1S/C12H7Cl3N4/c13-7-3-9(15)10(4-8(7)14)19-12-11(17)6(5-16)1-2-18-12/h1-4H,17H2,(H,18,19). The third-order valence-electron chi connectivity index (χ3n) is 2.37. The van der Waals surface area contributed by atoms with Crippen LogP contribution in [0.2, 0.25) is 15.1 Å². The highest BCUT2D eigenvalue weighted by Gasteiger charge is 2.10. The van der Waals surface area contributed by atoms with E-state index >= 15 is 0 Å². The smallest absolute Gasteiger partial charge is 0.154 e. The van der Waals surface area contributed by atoms with Gasteiger partial charge in [0.2, 0.25) is 0 Å². The molecule has 0 amide bonds. The van der Waals surface area contributed by atoms with Gasteiger partial charge >= 0.3 is 0 Å². The summed E-state index contributed by atoms with van der Waals surface area (Å²) in [5, 5.41) is 12.9. The Bertz CT molecular complexity index is 679. The van der Waals surface area contributed by atoms with Crippen LogP contribution in [0.15, 0.2) is 24.4 Å². The molecule has 0 unspecified atom stereocenters. The van der Waals surface area contributed by atoms with Gasteiger partial charge < -0.3 is 11.1 Å². The lowest BCUT2D eigenvalue weighted by Crippen LogP contribution is -2.01. The average Bonchev–Trinajstić information content (AvgIpc) is 2.38. The van der Waals surface area contributed by atoms with Crippen molar-refractivity contribution < 1.29 is 0 Å². The zero-order chi connectivity index (χ0) is 14.0. The van der Waals surface area contributed by atoms with Gasteiger partial charge in [0, 0.05) is 6.20 Å². The van der Waals surface area contributed by atoms with Gasteiger partial charge in [0.05, 0.1) is 32.0 Å². The fraction of sp³-hybridized carbons (Fsp3) is 0. The number of nitrogens with two attached hydrogens (primary N) is 1. The summed E-state index contributed by atoms with van der Waals surface area (Å²) < 4.78 is 0. The van der Waals surface area contributed by atoms with Gasteiger partial charge in [0.1, 0.15) is 6.07 Å². The van der Waals surface area contributed by atoms with Crippen molar-refractivity contribution in [2.24, 2.45) is 0 Å². The predicted octanol–water partition coefficient (Wildman–Crippen LogP) is 4.24. The Morgan fingerprint density at radius 2 is 1.84 bits per heavy atom. The van der Waals surface area contributed by atoms with Gasteiger partial charge in [0.15, 0.2) is 5.82 Å². The maximum Gasteiger partial charge on any atom is 0.154 e. The molecule has 96 valence electrons. The maximum absolute atomic E-state index is 8.89. The van der Waals surface area contributed by atoms with Crippen LogP contribution in [0.25, 0.3) is 0 Å². The second kappa shape index (κ2) is 5.54. The van der Waals surface area contributed by atoms with Crippen LogP contribution in [0.5, 0.6) is 0 Å². The molecule has 0 saturated heterocycles. The first-order valence-corrected chi connectivity index (χ1v) is 6.22. The molecule has 0 bridgehead atoms.